The van der Waals surface area contributed by atoms with Gasteiger partial charge in [0.1, 0.15) is 0 Å². The highest BCUT2D eigenvalue weighted by molar-refractivity contribution is 6.05. The van der Waals surface area contributed by atoms with Crippen molar-refractivity contribution in [2.24, 2.45) is 0 Å². The molecule has 0 saturated carbocycles. The Bertz CT molecular complexity index is 2380. The third kappa shape index (κ3) is 5.70. The van der Waals surface area contributed by atoms with E-state index in [1.165, 1.54) is 16.3 Å². The highest BCUT2D eigenvalue weighted by Crippen LogP contribution is 2.37. The van der Waals surface area contributed by atoms with Crippen molar-refractivity contribution in [3.05, 3.63) is 169 Å². The normalized spacial score (nSPS) is 12.4. The molecule has 48 heavy (non-hydrogen) atoms. The van der Waals surface area contributed by atoms with Crippen molar-refractivity contribution >= 4 is 16.3 Å². The summed E-state index contributed by atoms with van der Waals surface area (Å²) in [7, 11) is 0. The van der Waals surface area contributed by atoms with Gasteiger partial charge in [0, 0.05) is 11.1 Å². The molecule has 0 atom stereocenters. The van der Waals surface area contributed by atoms with E-state index >= 15 is 0 Å². The molecule has 0 aliphatic heterocycles. The molecule has 8 rings (SSSR count). The minimum Gasteiger partial charge on any atom is -0.209 e. The second-order valence-corrected chi connectivity index (χ2v) is 11.9. The largest absolute Gasteiger partial charge is 0.209 e. The number of rotatable bonds is 6. The van der Waals surface area contributed by atoms with Crippen LogP contribution in [0.1, 0.15) is 24.2 Å². The van der Waals surface area contributed by atoms with E-state index in [4.69, 9.17) is 20.2 Å². The molecule has 0 fully saturated rings. The number of hydrogen-bond donors (Lipinski definition) is 0. The van der Waals surface area contributed by atoms with Crippen molar-refractivity contribution < 1.29 is 0 Å². The fraction of sp³-hybridized carbons (Fsp3) is 0.0455. The summed E-state index contributed by atoms with van der Waals surface area (Å²) in [6.45, 7) is 0. The van der Waals surface area contributed by atoms with Gasteiger partial charge in [-0.15, -0.1) is 0 Å². The van der Waals surface area contributed by atoms with Crippen molar-refractivity contribution in [3.8, 4) is 62.2 Å². The van der Waals surface area contributed by atoms with E-state index in [9.17, 15) is 0 Å². The highest BCUT2D eigenvalue weighted by Gasteiger charge is 2.16. The van der Waals surface area contributed by atoms with Crippen LogP contribution in [-0.4, -0.2) is 15.0 Å². The van der Waals surface area contributed by atoms with E-state index in [0.717, 1.165) is 63.2 Å². The maximum absolute atomic E-state index is 9.15. The summed E-state index contributed by atoms with van der Waals surface area (Å²) in [4.78, 5) is 14.9. The number of aromatic nitrogens is 3. The summed E-state index contributed by atoms with van der Waals surface area (Å²) < 4.78 is 0. The maximum atomic E-state index is 9.15. The van der Waals surface area contributed by atoms with Crippen molar-refractivity contribution in [1.82, 2.24) is 15.0 Å². The number of benzene rings is 6. The van der Waals surface area contributed by atoms with Crippen LogP contribution in [0.5, 0.6) is 0 Å². The van der Waals surface area contributed by atoms with Crippen LogP contribution in [0.25, 0.3) is 72.5 Å². The van der Waals surface area contributed by atoms with Crippen LogP contribution in [0.3, 0.4) is 0 Å². The molecule has 1 aromatic heterocycles. The standard InChI is InChI=1S/C44H30N4/c45-29-30-18-20-31(21-19-30)32-22-24-33(25-23-32)38-26-27-39(41-17-8-7-16-40(38)41)36-14-9-15-37(28-36)44-47-42(34-10-3-1-4-11-34)46-43(48-44)35-12-5-2-6-13-35/h1-5,7-12,14-28H,6,13H2. The molecule has 0 unspecified atom stereocenters. The monoisotopic (exact) mass is 614 g/mol. The number of nitrogens with zero attached hydrogens (tertiary/aromatic N) is 4. The smallest absolute Gasteiger partial charge is 0.164 e. The summed E-state index contributed by atoms with van der Waals surface area (Å²) >= 11 is 0. The first kappa shape index (κ1) is 29.0. The molecule has 1 aliphatic carbocycles. The minimum atomic E-state index is 0.664. The minimum absolute atomic E-state index is 0.664. The average Bonchev–Trinajstić information content (AvgIpc) is 3.18. The predicted octanol–water partition coefficient (Wildman–Crippen LogP) is 11.0. The molecule has 0 bridgehead atoms. The molecular weight excluding hydrogens is 585 g/mol. The molecule has 1 heterocycles. The van der Waals surface area contributed by atoms with Gasteiger partial charge < -0.3 is 0 Å². The summed E-state index contributed by atoms with van der Waals surface area (Å²) in [6.07, 6.45) is 8.26. The van der Waals surface area contributed by atoms with E-state index in [-0.39, 0.29) is 0 Å². The fourth-order valence-electron chi connectivity index (χ4n) is 6.36. The van der Waals surface area contributed by atoms with Gasteiger partial charge in [-0.2, -0.15) is 5.26 Å². The second-order valence-electron chi connectivity index (χ2n) is 11.9. The second kappa shape index (κ2) is 12.7. The first-order valence-corrected chi connectivity index (χ1v) is 16.1. The first-order chi connectivity index (χ1) is 23.7. The Morgan fingerprint density at radius 2 is 1.04 bits per heavy atom. The van der Waals surface area contributed by atoms with Crippen molar-refractivity contribution in [1.29, 1.82) is 5.26 Å². The fourth-order valence-corrected chi connectivity index (χ4v) is 6.36. The van der Waals surface area contributed by atoms with E-state index in [0.29, 0.717) is 17.2 Å². The Hall–Kier alpha value is -6.44. The Labute approximate surface area is 280 Å². The number of hydrogen-bond acceptors (Lipinski definition) is 4. The topological polar surface area (TPSA) is 62.5 Å². The zero-order valence-corrected chi connectivity index (χ0v) is 26.2. The lowest BCUT2D eigenvalue weighted by Gasteiger charge is -2.14. The molecular formula is C44H30N4. The van der Waals surface area contributed by atoms with Gasteiger partial charge in [0.05, 0.1) is 11.6 Å². The Kier molecular flexibility index (Phi) is 7.70. The van der Waals surface area contributed by atoms with Gasteiger partial charge in [-0.05, 0) is 80.8 Å². The maximum Gasteiger partial charge on any atom is 0.164 e. The van der Waals surface area contributed by atoms with Gasteiger partial charge in [0.15, 0.2) is 17.5 Å². The molecule has 4 heteroatoms. The molecule has 0 amide bonds. The van der Waals surface area contributed by atoms with Crippen molar-refractivity contribution in [2.75, 3.05) is 0 Å². The zero-order valence-electron chi connectivity index (χ0n) is 26.2. The van der Waals surface area contributed by atoms with Gasteiger partial charge in [-0.3, -0.25) is 0 Å². The van der Waals surface area contributed by atoms with Crippen LogP contribution >= 0.6 is 0 Å². The quantitative estimate of drug-likeness (QED) is 0.187. The third-order valence-corrected chi connectivity index (χ3v) is 8.87. The molecule has 6 aromatic carbocycles. The first-order valence-electron chi connectivity index (χ1n) is 16.1. The number of fused-ring (bicyclic) bond motifs is 1. The summed E-state index contributed by atoms with van der Waals surface area (Å²) in [5, 5.41) is 11.5. The van der Waals surface area contributed by atoms with Gasteiger partial charge >= 0.3 is 0 Å². The Balaban J connectivity index is 1.18. The van der Waals surface area contributed by atoms with Crippen molar-refractivity contribution in [3.63, 3.8) is 0 Å². The molecule has 0 spiro atoms. The molecule has 1 aliphatic rings. The Morgan fingerprint density at radius 1 is 0.479 bits per heavy atom. The highest BCUT2D eigenvalue weighted by atomic mass is 15.0. The summed E-state index contributed by atoms with van der Waals surface area (Å²) in [5.41, 5.74) is 10.5. The molecule has 0 saturated heterocycles. The Morgan fingerprint density at radius 3 is 1.71 bits per heavy atom. The van der Waals surface area contributed by atoms with E-state index in [1.807, 2.05) is 54.6 Å². The van der Waals surface area contributed by atoms with Crippen LogP contribution in [0.15, 0.2) is 158 Å². The van der Waals surface area contributed by atoms with Crippen LogP contribution in [0, 0.1) is 11.3 Å². The molecule has 0 N–H and O–H groups in total. The molecule has 226 valence electrons. The third-order valence-electron chi connectivity index (χ3n) is 8.87. The molecule has 7 aromatic rings. The van der Waals surface area contributed by atoms with E-state index < -0.39 is 0 Å². The lowest BCUT2D eigenvalue weighted by atomic mass is 9.91. The summed E-state index contributed by atoms with van der Waals surface area (Å²) in [5.74, 6) is 2.07. The zero-order chi connectivity index (χ0) is 32.3. The SMILES string of the molecule is N#Cc1ccc(-c2ccc(-c3ccc(-c4cccc(-c5nc(C6=CC=CCC6)nc(-c6ccccc6)n5)c4)c4ccccc34)cc2)cc1. The van der Waals surface area contributed by atoms with Crippen molar-refractivity contribution in [2.45, 2.75) is 12.8 Å². The van der Waals surface area contributed by atoms with E-state index in [1.54, 1.807) is 0 Å². The van der Waals surface area contributed by atoms with Gasteiger partial charge in [0.2, 0.25) is 0 Å². The molecule has 0 radical (unpaired) electrons. The summed E-state index contributed by atoms with van der Waals surface area (Å²) in [6, 6.07) is 50.2. The molecule has 4 nitrogen and oxygen atoms in total. The predicted molar refractivity (Wildman–Crippen MR) is 196 cm³/mol. The van der Waals surface area contributed by atoms with Crippen LogP contribution in [0.4, 0.5) is 0 Å². The van der Waals surface area contributed by atoms with E-state index in [2.05, 4.69) is 109 Å². The van der Waals surface area contributed by atoms with Crippen LogP contribution in [0.2, 0.25) is 0 Å². The lowest BCUT2D eigenvalue weighted by molar-refractivity contribution is 0.978. The lowest BCUT2D eigenvalue weighted by Crippen LogP contribution is -2.03. The number of allylic oxidation sites excluding steroid dienone is 4. The average molecular weight is 615 g/mol. The van der Waals surface area contributed by atoms with Gasteiger partial charge in [-0.25, -0.2) is 15.0 Å². The van der Waals surface area contributed by atoms with Crippen LogP contribution in [-0.2, 0) is 0 Å². The van der Waals surface area contributed by atoms with Crippen LogP contribution < -0.4 is 0 Å². The van der Waals surface area contributed by atoms with Gasteiger partial charge in [0.25, 0.3) is 0 Å². The van der Waals surface area contributed by atoms with Gasteiger partial charge in [-0.1, -0.05) is 140 Å². The number of nitriles is 1.